The van der Waals surface area contributed by atoms with E-state index in [1.807, 2.05) is 6.08 Å². The molecule has 3 unspecified atom stereocenters. The molecule has 0 aliphatic rings. The molecule has 0 aromatic heterocycles. The molecular formula is C40H75NO4. The van der Waals surface area contributed by atoms with E-state index in [0.29, 0.717) is 6.42 Å². The SMILES string of the molecule is CC/C=C\C/C=C\CCCCCCCCCCCCCCCC(O)C(=O)NC(CO)C(O)/C=C/CCCCCCCCCCC. The van der Waals surface area contributed by atoms with Crippen LogP contribution in [0.15, 0.2) is 36.5 Å². The van der Waals surface area contributed by atoms with Gasteiger partial charge in [0.15, 0.2) is 0 Å². The molecular weight excluding hydrogens is 558 g/mol. The van der Waals surface area contributed by atoms with Crippen molar-refractivity contribution < 1.29 is 20.1 Å². The fourth-order valence-corrected chi connectivity index (χ4v) is 5.69. The number of hydrogen-bond donors (Lipinski definition) is 4. The minimum Gasteiger partial charge on any atom is -0.394 e. The number of nitrogens with one attached hydrogen (secondary N) is 1. The highest BCUT2D eigenvalue weighted by Crippen LogP contribution is 2.15. The van der Waals surface area contributed by atoms with Crippen molar-refractivity contribution >= 4 is 5.91 Å². The predicted octanol–water partition coefficient (Wildman–Crippen LogP) is 10.4. The summed E-state index contributed by atoms with van der Waals surface area (Å²) in [4.78, 5) is 12.4. The summed E-state index contributed by atoms with van der Waals surface area (Å²) in [6.45, 7) is 4.05. The van der Waals surface area contributed by atoms with Crippen molar-refractivity contribution in [1.29, 1.82) is 0 Å². The summed E-state index contributed by atoms with van der Waals surface area (Å²) in [5.41, 5.74) is 0. The first kappa shape index (κ1) is 43.6. The van der Waals surface area contributed by atoms with Crippen LogP contribution in [-0.2, 0) is 4.79 Å². The Bertz CT molecular complexity index is 704. The normalized spacial score (nSPS) is 14.2. The Balaban J connectivity index is 3.67. The van der Waals surface area contributed by atoms with E-state index in [-0.39, 0.29) is 6.61 Å². The number of carbonyl (C=O) groups excluding carboxylic acids is 1. The molecule has 4 N–H and O–H groups in total. The molecule has 0 aromatic carbocycles. The summed E-state index contributed by atoms with van der Waals surface area (Å²) in [6.07, 6.45) is 43.1. The van der Waals surface area contributed by atoms with Crippen LogP contribution >= 0.6 is 0 Å². The summed E-state index contributed by atoms with van der Waals surface area (Å²) < 4.78 is 0. The fourth-order valence-electron chi connectivity index (χ4n) is 5.69. The smallest absolute Gasteiger partial charge is 0.249 e. The third kappa shape index (κ3) is 31.0. The van der Waals surface area contributed by atoms with Gasteiger partial charge in [-0.25, -0.2) is 0 Å². The van der Waals surface area contributed by atoms with Crippen LogP contribution in [0.3, 0.4) is 0 Å². The van der Waals surface area contributed by atoms with Gasteiger partial charge in [-0.3, -0.25) is 4.79 Å². The Morgan fingerprint density at radius 1 is 0.578 bits per heavy atom. The highest BCUT2D eigenvalue weighted by molar-refractivity contribution is 5.80. The van der Waals surface area contributed by atoms with Crippen molar-refractivity contribution in [3.63, 3.8) is 0 Å². The van der Waals surface area contributed by atoms with E-state index < -0.39 is 24.2 Å². The molecule has 0 rings (SSSR count). The van der Waals surface area contributed by atoms with Gasteiger partial charge in [0.1, 0.15) is 6.10 Å². The molecule has 1 amide bonds. The lowest BCUT2D eigenvalue weighted by Crippen LogP contribution is -2.48. The standard InChI is InChI=1S/C40H75NO4/c1-3-5-7-9-11-13-15-16-17-18-19-20-21-22-23-25-27-29-31-33-35-39(44)40(45)41-37(36-42)38(43)34-32-30-28-26-24-14-12-10-8-6-4-2/h5,7,11,13,32,34,37-39,42-44H,3-4,6,8-10,12,14-31,33,35-36H2,1-2H3,(H,41,45)/b7-5-,13-11-,34-32+. The van der Waals surface area contributed by atoms with Crippen molar-refractivity contribution in [2.45, 2.75) is 205 Å². The van der Waals surface area contributed by atoms with Gasteiger partial charge in [-0.15, -0.1) is 0 Å². The zero-order chi connectivity index (χ0) is 33.1. The van der Waals surface area contributed by atoms with Crippen molar-refractivity contribution in [3.8, 4) is 0 Å². The lowest BCUT2D eigenvalue weighted by atomic mass is 10.0. The molecule has 5 nitrogen and oxygen atoms in total. The molecule has 5 heteroatoms. The van der Waals surface area contributed by atoms with Gasteiger partial charge in [-0.1, -0.05) is 179 Å². The highest BCUT2D eigenvalue weighted by Gasteiger charge is 2.22. The highest BCUT2D eigenvalue weighted by atomic mass is 16.3. The lowest BCUT2D eigenvalue weighted by Gasteiger charge is -2.21. The lowest BCUT2D eigenvalue weighted by molar-refractivity contribution is -0.131. The van der Waals surface area contributed by atoms with E-state index in [2.05, 4.69) is 43.5 Å². The fraction of sp³-hybridized carbons (Fsp3) is 0.825. The first-order chi connectivity index (χ1) is 22.1. The molecule has 0 heterocycles. The number of unbranched alkanes of at least 4 members (excludes halogenated alkanes) is 22. The summed E-state index contributed by atoms with van der Waals surface area (Å²) in [7, 11) is 0. The molecule has 3 atom stereocenters. The Morgan fingerprint density at radius 3 is 1.51 bits per heavy atom. The van der Waals surface area contributed by atoms with Gasteiger partial charge in [0.05, 0.1) is 18.8 Å². The average molecular weight is 634 g/mol. The Hall–Kier alpha value is -1.43. The monoisotopic (exact) mass is 634 g/mol. The van der Waals surface area contributed by atoms with E-state index in [0.717, 1.165) is 44.9 Å². The Labute approximate surface area is 279 Å². The van der Waals surface area contributed by atoms with Crippen molar-refractivity contribution in [2.75, 3.05) is 6.61 Å². The molecule has 0 aromatic rings. The van der Waals surface area contributed by atoms with Crippen molar-refractivity contribution in [3.05, 3.63) is 36.5 Å². The summed E-state index contributed by atoms with van der Waals surface area (Å²) >= 11 is 0. The Morgan fingerprint density at radius 2 is 1.02 bits per heavy atom. The van der Waals surface area contributed by atoms with Crippen molar-refractivity contribution in [2.24, 2.45) is 0 Å². The summed E-state index contributed by atoms with van der Waals surface area (Å²) in [5, 5.41) is 32.9. The third-order valence-electron chi connectivity index (χ3n) is 8.74. The minimum atomic E-state index is -1.10. The van der Waals surface area contributed by atoms with Crippen LogP contribution in [0.2, 0.25) is 0 Å². The van der Waals surface area contributed by atoms with Crippen LogP contribution in [0.5, 0.6) is 0 Å². The zero-order valence-electron chi connectivity index (χ0n) is 29.7. The number of amides is 1. The van der Waals surface area contributed by atoms with Crippen LogP contribution in [-0.4, -0.2) is 46.1 Å². The number of carbonyl (C=O) groups is 1. The maximum Gasteiger partial charge on any atom is 0.249 e. The molecule has 0 fully saturated rings. The molecule has 0 spiro atoms. The molecule has 0 saturated heterocycles. The van der Waals surface area contributed by atoms with Gasteiger partial charge < -0.3 is 20.6 Å². The molecule has 0 saturated carbocycles. The van der Waals surface area contributed by atoms with E-state index in [4.69, 9.17) is 0 Å². The molecule has 0 aliphatic heterocycles. The zero-order valence-corrected chi connectivity index (χ0v) is 29.7. The van der Waals surface area contributed by atoms with Crippen LogP contribution in [0, 0.1) is 0 Å². The van der Waals surface area contributed by atoms with Crippen LogP contribution < -0.4 is 5.32 Å². The molecule has 264 valence electrons. The minimum absolute atomic E-state index is 0.364. The van der Waals surface area contributed by atoms with Crippen LogP contribution in [0.25, 0.3) is 0 Å². The molecule has 0 aliphatic carbocycles. The Kier molecular flexibility index (Phi) is 34.3. The first-order valence-corrected chi connectivity index (χ1v) is 19.3. The van der Waals surface area contributed by atoms with Gasteiger partial charge >= 0.3 is 0 Å². The molecule has 0 bridgehead atoms. The maximum absolute atomic E-state index is 12.4. The van der Waals surface area contributed by atoms with E-state index in [1.165, 1.54) is 122 Å². The molecule has 0 radical (unpaired) electrons. The maximum atomic E-state index is 12.4. The van der Waals surface area contributed by atoms with Gasteiger partial charge in [-0.05, 0) is 44.9 Å². The van der Waals surface area contributed by atoms with E-state index >= 15 is 0 Å². The summed E-state index contributed by atoms with van der Waals surface area (Å²) in [6, 6.07) is -0.795. The summed E-state index contributed by atoms with van der Waals surface area (Å²) in [5.74, 6) is -0.507. The second-order valence-corrected chi connectivity index (χ2v) is 13.1. The first-order valence-electron chi connectivity index (χ1n) is 19.3. The van der Waals surface area contributed by atoms with Gasteiger partial charge in [-0.2, -0.15) is 0 Å². The van der Waals surface area contributed by atoms with E-state index in [9.17, 15) is 20.1 Å². The van der Waals surface area contributed by atoms with Gasteiger partial charge in [0, 0.05) is 0 Å². The number of aliphatic hydroxyl groups excluding tert-OH is 3. The number of rotatable bonds is 34. The van der Waals surface area contributed by atoms with Crippen LogP contribution in [0.4, 0.5) is 0 Å². The third-order valence-corrected chi connectivity index (χ3v) is 8.74. The number of hydrogen-bond acceptors (Lipinski definition) is 4. The second kappa shape index (κ2) is 35.4. The predicted molar refractivity (Wildman–Crippen MR) is 194 cm³/mol. The van der Waals surface area contributed by atoms with Gasteiger partial charge in [0.2, 0.25) is 5.91 Å². The quantitative estimate of drug-likeness (QED) is 0.0419. The van der Waals surface area contributed by atoms with Gasteiger partial charge in [0.25, 0.3) is 0 Å². The second-order valence-electron chi connectivity index (χ2n) is 13.1. The number of allylic oxidation sites excluding steroid dienone is 5. The number of aliphatic hydroxyl groups is 3. The van der Waals surface area contributed by atoms with Crippen LogP contribution in [0.1, 0.15) is 187 Å². The topological polar surface area (TPSA) is 89.8 Å². The van der Waals surface area contributed by atoms with Crippen molar-refractivity contribution in [1.82, 2.24) is 5.32 Å². The molecule has 45 heavy (non-hydrogen) atoms. The van der Waals surface area contributed by atoms with E-state index in [1.54, 1.807) is 6.08 Å². The average Bonchev–Trinajstić information content (AvgIpc) is 3.04. The largest absolute Gasteiger partial charge is 0.394 e.